The molecule has 1 aromatic heterocycles. The molecule has 102 valence electrons. The van der Waals surface area contributed by atoms with Crippen LogP contribution in [0.25, 0.3) is 11.0 Å². The summed E-state index contributed by atoms with van der Waals surface area (Å²) in [4.78, 5) is 16.6. The van der Waals surface area contributed by atoms with Crippen molar-refractivity contribution in [2.45, 2.75) is 18.5 Å². The fourth-order valence-corrected chi connectivity index (χ4v) is 2.59. The number of sulfonamides is 1. The number of hydrogen-bond donors (Lipinski definition) is 2. The van der Waals surface area contributed by atoms with Crippen LogP contribution in [0.2, 0.25) is 0 Å². The number of rotatable bonds is 5. The standard InChI is InChI=1S/C10H12N4O4S/c1-2-5-11-19(17,18)10-12-8-4-3-7(14(15)16)6-9(8)13-10/h3-4,6,11H,2,5H2,1H3,(H,12,13). The maximum Gasteiger partial charge on any atom is 0.274 e. The number of nitrogens with zero attached hydrogens (tertiary/aromatic N) is 2. The van der Waals surface area contributed by atoms with Crippen molar-refractivity contribution in [2.24, 2.45) is 0 Å². The van der Waals surface area contributed by atoms with Crippen LogP contribution >= 0.6 is 0 Å². The van der Waals surface area contributed by atoms with E-state index in [1.807, 2.05) is 6.92 Å². The summed E-state index contributed by atoms with van der Waals surface area (Å²) in [5.74, 6) is 0. The van der Waals surface area contributed by atoms with Crippen LogP contribution in [0.3, 0.4) is 0 Å². The van der Waals surface area contributed by atoms with Gasteiger partial charge in [-0.25, -0.2) is 18.1 Å². The molecule has 0 saturated carbocycles. The van der Waals surface area contributed by atoms with Crippen LogP contribution in [0, 0.1) is 10.1 Å². The summed E-state index contributed by atoms with van der Waals surface area (Å²) < 4.78 is 26.0. The number of imidazole rings is 1. The fraction of sp³-hybridized carbons (Fsp3) is 0.300. The van der Waals surface area contributed by atoms with Gasteiger partial charge in [0.2, 0.25) is 5.16 Å². The van der Waals surface area contributed by atoms with E-state index in [9.17, 15) is 18.5 Å². The fourth-order valence-electron chi connectivity index (χ4n) is 1.52. The van der Waals surface area contributed by atoms with Gasteiger partial charge in [0.1, 0.15) is 0 Å². The molecule has 1 aromatic carbocycles. The Balaban J connectivity index is 2.44. The number of nitro groups is 1. The van der Waals surface area contributed by atoms with Gasteiger partial charge in [-0.3, -0.25) is 10.1 Å². The normalized spacial score (nSPS) is 11.8. The van der Waals surface area contributed by atoms with E-state index in [-0.39, 0.29) is 10.8 Å². The SMILES string of the molecule is CCCNS(=O)(=O)c1nc2ccc([N+](=O)[O-])cc2[nH]1. The molecule has 0 aliphatic rings. The van der Waals surface area contributed by atoms with Gasteiger partial charge in [0.05, 0.1) is 16.0 Å². The number of benzene rings is 1. The molecule has 0 saturated heterocycles. The molecule has 0 bridgehead atoms. The Morgan fingerprint density at radius 3 is 2.84 bits per heavy atom. The molecule has 0 spiro atoms. The largest absolute Gasteiger partial charge is 0.327 e. The van der Waals surface area contributed by atoms with Gasteiger partial charge in [-0.2, -0.15) is 0 Å². The Morgan fingerprint density at radius 1 is 1.47 bits per heavy atom. The number of fused-ring (bicyclic) bond motifs is 1. The average molecular weight is 284 g/mol. The Hall–Kier alpha value is -2.00. The second-order valence-electron chi connectivity index (χ2n) is 3.90. The van der Waals surface area contributed by atoms with Gasteiger partial charge < -0.3 is 4.98 Å². The summed E-state index contributed by atoms with van der Waals surface area (Å²) in [6, 6.07) is 3.93. The lowest BCUT2D eigenvalue weighted by Gasteiger charge is -2.00. The highest BCUT2D eigenvalue weighted by Crippen LogP contribution is 2.20. The molecule has 8 nitrogen and oxygen atoms in total. The Kier molecular flexibility index (Phi) is 3.49. The third-order valence-electron chi connectivity index (χ3n) is 2.45. The lowest BCUT2D eigenvalue weighted by atomic mass is 10.3. The minimum atomic E-state index is -3.70. The van der Waals surface area contributed by atoms with Crippen LogP contribution in [-0.4, -0.2) is 29.9 Å². The highest BCUT2D eigenvalue weighted by molar-refractivity contribution is 7.89. The summed E-state index contributed by atoms with van der Waals surface area (Å²) in [5, 5.41) is 10.4. The zero-order valence-electron chi connectivity index (χ0n) is 10.1. The maximum absolute atomic E-state index is 11.8. The molecule has 0 fully saturated rings. The van der Waals surface area contributed by atoms with Crippen LogP contribution < -0.4 is 4.72 Å². The second-order valence-corrected chi connectivity index (χ2v) is 5.58. The van der Waals surface area contributed by atoms with Gasteiger partial charge in [0.25, 0.3) is 15.7 Å². The summed E-state index contributed by atoms with van der Waals surface area (Å²) in [6.45, 7) is 2.14. The minimum Gasteiger partial charge on any atom is -0.327 e. The smallest absolute Gasteiger partial charge is 0.274 e. The van der Waals surface area contributed by atoms with Crippen molar-refractivity contribution in [3.8, 4) is 0 Å². The van der Waals surface area contributed by atoms with Crippen molar-refractivity contribution in [2.75, 3.05) is 6.54 Å². The van der Waals surface area contributed by atoms with E-state index >= 15 is 0 Å². The van der Waals surface area contributed by atoms with Gasteiger partial charge in [-0.1, -0.05) is 6.92 Å². The molecule has 0 amide bonds. The topological polar surface area (TPSA) is 118 Å². The van der Waals surface area contributed by atoms with Crippen molar-refractivity contribution in [3.05, 3.63) is 28.3 Å². The summed E-state index contributed by atoms with van der Waals surface area (Å²) >= 11 is 0. The molecule has 0 radical (unpaired) electrons. The van der Waals surface area contributed by atoms with Crippen LogP contribution in [0.15, 0.2) is 23.4 Å². The van der Waals surface area contributed by atoms with E-state index in [4.69, 9.17) is 0 Å². The molecule has 2 rings (SSSR count). The lowest BCUT2D eigenvalue weighted by molar-refractivity contribution is -0.384. The van der Waals surface area contributed by atoms with Gasteiger partial charge in [0, 0.05) is 18.7 Å². The van der Waals surface area contributed by atoms with Crippen LogP contribution in [0.4, 0.5) is 5.69 Å². The first-order valence-electron chi connectivity index (χ1n) is 5.58. The molecule has 0 atom stereocenters. The van der Waals surface area contributed by atoms with E-state index in [0.717, 1.165) is 0 Å². The van der Waals surface area contributed by atoms with E-state index in [1.165, 1.54) is 18.2 Å². The third kappa shape index (κ3) is 2.71. The second kappa shape index (κ2) is 4.94. The van der Waals surface area contributed by atoms with Crippen molar-refractivity contribution in [1.29, 1.82) is 0 Å². The van der Waals surface area contributed by atoms with Crippen LogP contribution in [-0.2, 0) is 10.0 Å². The van der Waals surface area contributed by atoms with Gasteiger partial charge in [-0.15, -0.1) is 0 Å². The molecule has 0 aliphatic carbocycles. The minimum absolute atomic E-state index is 0.124. The highest BCUT2D eigenvalue weighted by atomic mass is 32.2. The zero-order chi connectivity index (χ0) is 14.0. The monoisotopic (exact) mass is 284 g/mol. The van der Waals surface area contributed by atoms with Crippen molar-refractivity contribution in [3.63, 3.8) is 0 Å². The Labute approximate surface area is 109 Å². The number of aromatic amines is 1. The van der Waals surface area contributed by atoms with Gasteiger partial charge in [-0.05, 0) is 12.5 Å². The summed E-state index contributed by atoms with van der Waals surface area (Å²) in [6.07, 6.45) is 0.658. The summed E-state index contributed by atoms with van der Waals surface area (Å²) in [5.41, 5.74) is 0.551. The zero-order valence-corrected chi connectivity index (χ0v) is 10.9. The van der Waals surface area contributed by atoms with Crippen LogP contribution in [0.1, 0.15) is 13.3 Å². The van der Waals surface area contributed by atoms with E-state index in [2.05, 4.69) is 14.7 Å². The number of nitro benzene ring substituents is 1. The summed E-state index contributed by atoms with van der Waals surface area (Å²) in [7, 11) is -3.70. The Bertz CT molecular complexity index is 722. The molecule has 9 heteroatoms. The molecule has 0 aliphatic heterocycles. The van der Waals surface area contributed by atoms with E-state index in [0.29, 0.717) is 24.0 Å². The molecule has 1 heterocycles. The number of aromatic nitrogens is 2. The predicted molar refractivity (Wildman–Crippen MR) is 68.2 cm³/mol. The number of nitrogens with one attached hydrogen (secondary N) is 2. The highest BCUT2D eigenvalue weighted by Gasteiger charge is 2.19. The first-order chi connectivity index (χ1) is 8.94. The molecule has 2 N–H and O–H groups in total. The van der Waals surface area contributed by atoms with Crippen molar-refractivity contribution < 1.29 is 13.3 Å². The predicted octanol–water partition coefficient (Wildman–Crippen LogP) is 1.16. The number of non-ortho nitro benzene ring substituents is 1. The molecule has 2 aromatic rings. The quantitative estimate of drug-likeness (QED) is 0.631. The molecular weight excluding hydrogens is 272 g/mol. The maximum atomic E-state index is 11.8. The average Bonchev–Trinajstić information content (AvgIpc) is 2.79. The molecular formula is C10H12N4O4S. The molecule has 19 heavy (non-hydrogen) atoms. The van der Waals surface area contributed by atoms with Crippen molar-refractivity contribution >= 4 is 26.7 Å². The van der Waals surface area contributed by atoms with Crippen molar-refractivity contribution in [1.82, 2.24) is 14.7 Å². The first kappa shape index (κ1) is 13.4. The van der Waals surface area contributed by atoms with E-state index in [1.54, 1.807) is 0 Å². The third-order valence-corrected chi connectivity index (χ3v) is 3.74. The van der Waals surface area contributed by atoms with Gasteiger partial charge >= 0.3 is 0 Å². The lowest BCUT2D eigenvalue weighted by Crippen LogP contribution is -2.25. The van der Waals surface area contributed by atoms with E-state index < -0.39 is 14.9 Å². The number of hydrogen-bond acceptors (Lipinski definition) is 5. The number of H-pyrrole nitrogens is 1. The molecule has 0 unspecified atom stereocenters. The Morgan fingerprint density at radius 2 is 2.21 bits per heavy atom. The first-order valence-corrected chi connectivity index (χ1v) is 7.06. The van der Waals surface area contributed by atoms with Gasteiger partial charge in [0.15, 0.2) is 0 Å². The van der Waals surface area contributed by atoms with Crippen LogP contribution in [0.5, 0.6) is 0 Å².